The Morgan fingerprint density at radius 3 is 2.60 bits per heavy atom. The van der Waals surface area contributed by atoms with Gasteiger partial charge in [0.05, 0.1) is 17.5 Å². The molecule has 1 aromatic carbocycles. The molecule has 0 saturated carbocycles. The van der Waals surface area contributed by atoms with Crippen LogP contribution in [0.15, 0.2) is 30.4 Å². The number of ether oxygens (including phenoxy) is 1. The van der Waals surface area contributed by atoms with Crippen molar-refractivity contribution in [3.63, 3.8) is 0 Å². The number of carbonyl (C=O) groups is 3. The van der Waals surface area contributed by atoms with E-state index < -0.39 is 23.4 Å². The van der Waals surface area contributed by atoms with Crippen molar-refractivity contribution in [1.82, 2.24) is 0 Å². The maximum Gasteiger partial charge on any atom is 0.307 e. The van der Waals surface area contributed by atoms with Gasteiger partial charge in [-0.05, 0) is 38.8 Å². The number of rotatable bonds is 3. The van der Waals surface area contributed by atoms with Gasteiger partial charge in [-0.3, -0.25) is 14.4 Å². The molecule has 2 aliphatic rings. The number of hydrogen-bond donors (Lipinski definition) is 3. The molecule has 1 aliphatic carbocycles. The maximum absolute atomic E-state index is 12.5. The van der Waals surface area contributed by atoms with Gasteiger partial charge in [-0.2, -0.15) is 0 Å². The number of carboxylic acid groups (broad SMARTS) is 1. The first-order chi connectivity index (χ1) is 11.8. The second-order valence-corrected chi connectivity index (χ2v) is 6.76. The van der Waals surface area contributed by atoms with Gasteiger partial charge in [0.25, 0.3) is 5.91 Å². The molecule has 3 rings (SSSR count). The number of fused-ring (bicyclic) bond motifs is 1. The lowest BCUT2D eigenvalue weighted by molar-refractivity contribution is -0.146. The summed E-state index contributed by atoms with van der Waals surface area (Å²) in [5, 5.41) is 14.8. The van der Waals surface area contributed by atoms with E-state index in [1.807, 2.05) is 6.08 Å². The summed E-state index contributed by atoms with van der Waals surface area (Å²) < 4.78 is 5.69. The molecule has 0 aromatic heterocycles. The largest absolute Gasteiger partial charge is 0.481 e. The standard InChI is InChI=1S/C18H20N2O5/c1-18(2)17(24)20-13-8-7-10(9-14(13)25-18)19-15(21)11-5-3-4-6-12(11)16(22)23/h3-4,7-9,11-12H,5-6H2,1-2H3,(H,19,21)(H,20,24)(H,22,23)/t11-,12+/m1/s1. The van der Waals surface area contributed by atoms with Crippen molar-refractivity contribution in [2.24, 2.45) is 11.8 Å². The predicted molar refractivity (Wildman–Crippen MR) is 91.4 cm³/mol. The number of allylic oxidation sites excluding steroid dienone is 2. The van der Waals surface area contributed by atoms with Crippen molar-refractivity contribution in [2.45, 2.75) is 32.3 Å². The third-order valence-corrected chi connectivity index (χ3v) is 4.50. The second kappa shape index (κ2) is 6.23. The number of benzene rings is 1. The molecule has 1 aliphatic heterocycles. The molecule has 0 unspecified atom stereocenters. The smallest absolute Gasteiger partial charge is 0.307 e. The van der Waals surface area contributed by atoms with Crippen LogP contribution in [0.4, 0.5) is 11.4 Å². The molecule has 1 aromatic rings. The molecule has 2 atom stereocenters. The van der Waals surface area contributed by atoms with Crippen LogP contribution in [-0.2, 0) is 14.4 Å². The minimum absolute atomic E-state index is 0.241. The number of carboxylic acids is 1. The van der Waals surface area contributed by atoms with Gasteiger partial charge in [0.1, 0.15) is 5.75 Å². The summed E-state index contributed by atoms with van der Waals surface area (Å²) in [6, 6.07) is 4.92. The average molecular weight is 344 g/mol. The number of hydrogen-bond acceptors (Lipinski definition) is 4. The van der Waals surface area contributed by atoms with Gasteiger partial charge in [0.2, 0.25) is 5.91 Å². The topological polar surface area (TPSA) is 105 Å². The van der Waals surface area contributed by atoms with Crippen LogP contribution < -0.4 is 15.4 Å². The first kappa shape index (κ1) is 17.0. The highest BCUT2D eigenvalue weighted by Crippen LogP contribution is 2.36. The van der Waals surface area contributed by atoms with E-state index in [2.05, 4.69) is 10.6 Å². The van der Waals surface area contributed by atoms with Gasteiger partial charge >= 0.3 is 5.97 Å². The van der Waals surface area contributed by atoms with Crippen molar-refractivity contribution in [2.75, 3.05) is 10.6 Å². The van der Waals surface area contributed by atoms with E-state index in [4.69, 9.17) is 4.74 Å². The van der Waals surface area contributed by atoms with Crippen molar-refractivity contribution in [1.29, 1.82) is 0 Å². The number of amides is 2. The highest BCUT2D eigenvalue weighted by atomic mass is 16.5. The summed E-state index contributed by atoms with van der Waals surface area (Å²) >= 11 is 0. The highest BCUT2D eigenvalue weighted by Gasteiger charge is 2.36. The Bertz CT molecular complexity index is 769. The van der Waals surface area contributed by atoms with Crippen LogP contribution >= 0.6 is 0 Å². The average Bonchev–Trinajstić information content (AvgIpc) is 2.55. The molecule has 1 heterocycles. The van der Waals surface area contributed by atoms with Gasteiger partial charge in [-0.25, -0.2) is 0 Å². The van der Waals surface area contributed by atoms with E-state index in [1.165, 1.54) is 0 Å². The molecule has 0 spiro atoms. The van der Waals surface area contributed by atoms with E-state index in [9.17, 15) is 19.5 Å². The summed E-state index contributed by atoms with van der Waals surface area (Å²) in [5.41, 5.74) is 0.0267. The molecule has 3 N–H and O–H groups in total. The monoisotopic (exact) mass is 344 g/mol. The van der Waals surface area contributed by atoms with Crippen LogP contribution in [0.2, 0.25) is 0 Å². The van der Waals surface area contributed by atoms with Gasteiger partial charge in [-0.15, -0.1) is 0 Å². The summed E-state index contributed by atoms with van der Waals surface area (Å²) in [4.78, 5) is 35.7. The van der Waals surface area contributed by atoms with E-state index in [0.29, 0.717) is 30.0 Å². The zero-order valence-electron chi connectivity index (χ0n) is 14.0. The summed E-state index contributed by atoms with van der Waals surface area (Å²) in [7, 11) is 0. The highest BCUT2D eigenvalue weighted by molar-refractivity contribution is 6.01. The van der Waals surface area contributed by atoms with Gasteiger partial charge in [0, 0.05) is 11.8 Å². The Balaban J connectivity index is 1.78. The van der Waals surface area contributed by atoms with Crippen molar-refractivity contribution in [3.8, 4) is 5.75 Å². The number of carbonyl (C=O) groups excluding carboxylic acids is 2. The molecule has 132 valence electrons. The minimum atomic E-state index is -1.00. The zero-order valence-corrected chi connectivity index (χ0v) is 14.0. The van der Waals surface area contributed by atoms with Crippen LogP contribution in [0, 0.1) is 11.8 Å². The zero-order chi connectivity index (χ0) is 18.2. The van der Waals surface area contributed by atoms with Crippen LogP contribution in [0.1, 0.15) is 26.7 Å². The molecule has 2 amide bonds. The van der Waals surface area contributed by atoms with Crippen molar-refractivity contribution < 1.29 is 24.2 Å². The Morgan fingerprint density at radius 1 is 1.24 bits per heavy atom. The lowest BCUT2D eigenvalue weighted by Crippen LogP contribution is -2.45. The van der Waals surface area contributed by atoms with E-state index >= 15 is 0 Å². The predicted octanol–water partition coefficient (Wildman–Crippen LogP) is 2.40. The molecular formula is C18H20N2O5. The van der Waals surface area contributed by atoms with Crippen LogP contribution in [-0.4, -0.2) is 28.5 Å². The van der Waals surface area contributed by atoms with Crippen molar-refractivity contribution >= 4 is 29.2 Å². The van der Waals surface area contributed by atoms with E-state index in [1.54, 1.807) is 38.1 Å². The number of nitrogens with one attached hydrogen (secondary N) is 2. The van der Waals surface area contributed by atoms with Crippen molar-refractivity contribution in [3.05, 3.63) is 30.4 Å². The van der Waals surface area contributed by atoms with Crippen LogP contribution in [0.3, 0.4) is 0 Å². The molecule has 25 heavy (non-hydrogen) atoms. The number of anilines is 2. The fourth-order valence-electron chi connectivity index (χ4n) is 2.99. The third-order valence-electron chi connectivity index (χ3n) is 4.50. The first-order valence-electron chi connectivity index (χ1n) is 8.11. The number of aliphatic carboxylic acids is 1. The molecule has 0 saturated heterocycles. The van der Waals surface area contributed by atoms with E-state index in [-0.39, 0.29) is 11.8 Å². The normalized spacial score (nSPS) is 23.8. The Kier molecular flexibility index (Phi) is 4.24. The minimum Gasteiger partial charge on any atom is -0.481 e. The first-order valence-corrected chi connectivity index (χ1v) is 8.11. The second-order valence-electron chi connectivity index (χ2n) is 6.76. The lowest BCUT2D eigenvalue weighted by atomic mass is 9.82. The fourth-order valence-corrected chi connectivity index (χ4v) is 2.99. The Hall–Kier alpha value is -2.83. The van der Waals surface area contributed by atoms with E-state index in [0.717, 1.165) is 0 Å². The molecule has 0 radical (unpaired) electrons. The van der Waals surface area contributed by atoms with Gasteiger partial charge in [-0.1, -0.05) is 12.2 Å². The summed E-state index contributed by atoms with van der Waals surface area (Å²) in [6.45, 7) is 3.31. The summed E-state index contributed by atoms with van der Waals surface area (Å²) in [5.74, 6) is -2.43. The quantitative estimate of drug-likeness (QED) is 0.730. The van der Waals surface area contributed by atoms with Gasteiger partial charge < -0.3 is 20.5 Å². The molecule has 0 bridgehead atoms. The Morgan fingerprint density at radius 2 is 1.92 bits per heavy atom. The van der Waals surface area contributed by atoms with Crippen LogP contribution in [0.25, 0.3) is 0 Å². The van der Waals surface area contributed by atoms with Crippen LogP contribution in [0.5, 0.6) is 5.75 Å². The fraction of sp³-hybridized carbons (Fsp3) is 0.389. The van der Waals surface area contributed by atoms with Gasteiger partial charge in [0.15, 0.2) is 5.60 Å². The molecule has 7 heteroatoms. The SMILES string of the molecule is CC1(C)Oc2cc(NC(=O)[C@@H]3CC=CC[C@@H]3C(=O)O)ccc2NC1=O. The Labute approximate surface area is 145 Å². The lowest BCUT2D eigenvalue weighted by Gasteiger charge is -2.32. The maximum atomic E-state index is 12.5. The molecule has 0 fully saturated rings. The summed E-state index contributed by atoms with van der Waals surface area (Å²) in [6.07, 6.45) is 4.37. The molecule has 7 nitrogen and oxygen atoms in total. The molecular weight excluding hydrogens is 324 g/mol. The third kappa shape index (κ3) is 3.35.